The molecule has 2 N–H and O–H groups in total. The summed E-state index contributed by atoms with van der Waals surface area (Å²) in [7, 11) is 0. The lowest BCUT2D eigenvalue weighted by molar-refractivity contribution is 0.573. The Morgan fingerprint density at radius 1 is 1.38 bits per heavy atom. The van der Waals surface area contributed by atoms with Gasteiger partial charge < -0.3 is 10.1 Å². The Bertz CT molecular complexity index is 503. The molecule has 0 fully saturated rings. The van der Waals surface area contributed by atoms with Crippen molar-refractivity contribution in [3.05, 3.63) is 35.8 Å². The first-order valence-corrected chi connectivity index (χ1v) is 5.62. The van der Waals surface area contributed by atoms with Crippen molar-refractivity contribution >= 4 is 5.65 Å². The van der Waals surface area contributed by atoms with Crippen molar-refractivity contribution in [2.75, 3.05) is 0 Å². The maximum absolute atomic E-state index is 5.86. The third-order valence-corrected chi connectivity index (χ3v) is 2.78. The minimum atomic E-state index is 0.0554. The smallest absolute Gasteiger partial charge is 0.137 e. The third-order valence-electron chi connectivity index (χ3n) is 2.78. The molecule has 0 aromatic carbocycles. The summed E-state index contributed by atoms with van der Waals surface area (Å²) in [4.78, 5) is 4.63. The molecule has 0 aliphatic rings. The number of nitrogens with two attached hydrogens (primary N) is 1. The summed E-state index contributed by atoms with van der Waals surface area (Å²) in [6.45, 7) is 8.49. The molecule has 0 aliphatic heterocycles. The molecule has 0 bridgehead atoms. The zero-order chi connectivity index (χ0) is 11.9. The highest BCUT2D eigenvalue weighted by atomic mass is 15.0. The molecule has 0 saturated carbocycles. The number of aromatic nitrogens is 2. The summed E-state index contributed by atoms with van der Waals surface area (Å²) in [6.07, 6.45) is 4.11. The zero-order valence-electron chi connectivity index (χ0n) is 10.4. The lowest BCUT2D eigenvalue weighted by Gasteiger charge is -2.13. The second-order valence-corrected chi connectivity index (χ2v) is 5.39. The van der Waals surface area contributed by atoms with E-state index in [0.717, 1.165) is 16.9 Å². The standard InChI is InChI=1S/C13H19N3/c1-9(14)10-5-6-16-8-11(13(2,3)4)15-12(16)7-10/h5-9H,14H2,1-4H3. The van der Waals surface area contributed by atoms with Gasteiger partial charge in [-0.1, -0.05) is 20.8 Å². The number of nitrogens with zero attached hydrogens (tertiary/aromatic N) is 2. The summed E-state index contributed by atoms with van der Waals surface area (Å²) in [6, 6.07) is 4.16. The molecular weight excluding hydrogens is 198 g/mol. The van der Waals surface area contributed by atoms with Crippen LogP contribution in [0.25, 0.3) is 5.65 Å². The Kier molecular flexibility index (Phi) is 2.50. The first-order chi connectivity index (χ1) is 7.38. The second-order valence-electron chi connectivity index (χ2n) is 5.39. The van der Waals surface area contributed by atoms with E-state index in [1.165, 1.54) is 0 Å². The number of imidazole rings is 1. The van der Waals surface area contributed by atoms with E-state index in [4.69, 9.17) is 5.73 Å². The number of hydrogen-bond donors (Lipinski definition) is 1. The normalized spacial score (nSPS) is 14.3. The van der Waals surface area contributed by atoms with Gasteiger partial charge in [-0.2, -0.15) is 0 Å². The highest BCUT2D eigenvalue weighted by molar-refractivity contribution is 5.44. The van der Waals surface area contributed by atoms with Gasteiger partial charge in [0.2, 0.25) is 0 Å². The van der Waals surface area contributed by atoms with E-state index in [-0.39, 0.29) is 11.5 Å². The molecule has 0 amide bonds. The van der Waals surface area contributed by atoms with Gasteiger partial charge in [0.05, 0.1) is 5.69 Å². The SMILES string of the molecule is CC(N)c1ccn2cc(C(C)(C)C)nc2c1. The average Bonchev–Trinajstić information content (AvgIpc) is 2.58. The van der Waals surface area contributed by atoms with Crippen molar-refractivity contribution < 1.29 is 0 Å². The van der Waals surface area contributed by atoms with Crippen molar-refractivity contribution in [3.63, 3.8) is 0 Å². The number of fused-ring (bicyclic) bond motifs is 1. The molecule has 2 rings (SSSR count). The van der Waals surface area contributed by atoms with Crippen molar-refractivity contribution in [1.82, 2.24) is 9.38 Å². The molecule has 0 spiro atoms. The monoisotopic (exact) mass is 217 g/mol. The Balaban J connectivity index is 2.54. The molecule has 0 saturated heterocycles. The van der Waals surface area contributed by atoms with Crippen LogP contribution in [0.5, 0.6) is 0 Å². The summed E-state index contributed by atoms with van der Waals surface area (Å²) in [5.41, 5.74) is 9.15. The molecule has 86 valence electrons. The lowest BCUT2D eigenvalue weighted by Crippen LogP contribution is -2.11. The Morgan fingerprint density at radius 3 is 2.62 bits per heavy atom. The summed E-state index contributed by atoms with van der Waals surface area (Å²) in [5, 5.41) is 0. The predicted molar refractivity (Wildman–Crippen MR) is 66.5 cm³/mol. The Morgan fingerprint density at radius 2 is 2.06 bits per heavy atom. The maximum atomic E-state index is 5.86. The number of rotatable bonds is 1. The molecule has 1 atom stereocenters. The van der Waals surface area contributed by atoms with Gasteiger partial charge in [-0.05, 0) is 24.6 Å². The zero-order valence-corrected chi connectivity index (χ0v) is 10.4. The van der Waals surface area contributed by atoms with Crippen molar-refractivity contribution in [1.29, 1.82) is 0 Å². The van der Waals surface area contributed by atoms with Gasteiger partial charge in [0.1, 0.15) is 5.65 Å². The van der Waals surface area contributed by atoms with Crippen LogP contribution in [0.4, 0.5) is 0 Å². The van der Waals surface area contributed by atoms with Crippen molar-refractivity contribution in [2.24, 2.45) is 5.73 Å². The second kappa shape index (κ2) is 3.59. The maximum Gasteiger partial charge on any atom is 0.137 e. The number of pyridine rings is 1. The van der Waals surface area contributed by atoms with E-state index >= 15 is 0 Å². The fraction of sp³-hybridized carbons (Fsp3) is 0.462. The number of hydrogen-bond acceptors (Lipinski definition) is 2. The molecule has 0 radical (unpaired) electrons. The van der Waals surface area contributed by atoms with Crippen molar-refractivity contribution in [3.8, 4) is 0 Å². The molecule has 2 aromatic heterocycles. The van der Waals surface area contributed by atoms with Crippen LogP contribution in [0.15, 0.2) is 24.5 Å². The van der Waals surface area contributed by atoms with Gasteiger partial charge in [-0.25, -0.2) is 4.98 Å². The van der Waals surface area contributed by atoms with Crippen LogP contribution in [0.3, 0.4) is 0 Å². The van der Waals surface area contributed by atoms with Gasteiger partial charge in [0.15, 0.2) is 0 Å². The van der Waals surface area contributed by atoms with Gasteiger partial charge in [-0.3, -0.25) is 0 Å². The molecule has 1 unspecified atom stereocenters. The van der Waals surface area contributed by atoms with Crippen LogP contribution in [0, 0.1) is 0 Å². The topological polar surface area (TPSA) is 43.3 Å². The highest BCUT2D eigenvalue weighted by Gasteiger charge is 2.17. The third kappa shape index (κ3) is 1.95. The lowest BCUT2D eigenvalue weighted by atomic mass is 9.93. The quantitative estimate of drug-likeness (QED) is 0.798. The van der Waals surface area contributed by atoms with Gasteiger partial charge >= 0.3 is 0 Å². The largest absolute Gasteiger partial charge is 0.324 e. The van der Waals surface area contributed by atoms with Crippen LogP contribution in [0.2, 0.25) is 0 Å². The van der Waals surface area contributed by atoms with Crippen LogP contribution < -0.4 is 5.73 Å². The molecule has 0 aliphatic carbocycles. The van der Waals surface area contributed by atoms with Gasteiger partial charge in [-0.15, -0.1) is 0 Å². The first kappa shape index (κ1) is 11.1. The van der Waals surface area contributed by atoms with E-state index in [2.05, 4.69) is 38.0 Å². The molecule has 2 aromatic rings. The van der Waals surface area contributed by atoms with E-state index < -0.39 is 0 Å². The molecule has 16 heavy (non-hydrogen) atoms. The molecular formula is C13H19N3. The predicted octanol–water partition coefficient (Wildman–Crippen LogP) is 2.65. The fourth-order valence-corrected chi connectivity index (χ4v) is 1.64. The highest BCUT2D eigenvalue weighted by Crippen LogP contribution is 2.22. The van der Waals surface area contributed by atoms with E-state index in [9.17, 15) is 0 Å². The Labute approximate surface area is 96.3 Å². The van der Waals surface area contributed by atoms with Crippen LogP contribution in [-0.2, 0) is 5.41 Å². The molecule has 3 heteroatoms. The molecule has 2 heterocycles. The van der Waals surface area contributed by atoms with E-state index in [1.807, 2.05) is 23.6 Å². The van der Waals surface area contributed by atoms with Gasteiger partial charge in [0, 0.05) is 23.9 Å². The van der Waals surface area contributed by atoms with Gasteiger partial charge in [0.25, 0.3) is 0 Å². The average molecular weight is 217 g/mol. The Hall–Kier alpha value is -1.35. The van der Waals surface area contributed by atoms with Crippen molar-refractivity contribution in [2.45, 2.75) is 39.2 Å². The fourth-order valence-electron chi connectivity index (χ4n) is 1.64. The summed E-state index contributed by atoms with van der Waals surface area (Å²) < 4.78 is 2.05. The minimum Gasteiger partial charge on any atom is -0.324 e. The van der Waals surface area contributed by atoms with E-state index in [1.54, 1.807) is 0 Å². The minimum absolute atomic E-state index is 0.0554. The summed E-state index contributed by atoms with van der Waals surface area (Å²) in [5.74, 6) is 0. The van der Waals surface area contributed by atoms with Crippen LogP contribution in [0.1, 0.15) is 45.0 Å². The summed E-state index contributed by atoms with van der Waals surface area (Å²) >= 11 is 0. The van der Waals surface area contributed by atoms with Crippen LogP contribution in [-0.4, -0.2) is 9.38 Å². The van der Waals surface area contributed by atoms with Crippen LogP contribution >= 0.6 is 0 Å². The van der Waals surface area contributed by atoms with E-state index in [0.29, 0.717) is 0 Å². The first-order valence-electron chi connectivity index (χ1n) is 5.62. The molecule has 3 nitrogen and oxygen atoms in total.